The number of carboxylic acid groups (broad SMARTS) is 1. The minimum atomic E-state index is -0.640. The Balaban J connectivity index is 1.84. The van der Waals surface area contributed by atoms with Crippen LogP contribution in [-0.2, 0) is 4.79 Å². The van der Waals surface area contributed by atoms with E-state index in [0.29, 0.717) is 18.4 Å². The molecule has 2 heterocycles. The van der Waals surface area contributed by atoms with E-state index >= 15 is 0 Å². The van der Waals surface area contributed by atoms with Crippen molar-refractivity contribution in [3.63, 3.8) is 0 Å². The fourth-order valence-corrected chi connectivity index (χ4v) is 3.00. The molecule has 0 aliphatic carbocycles. The first kappa shape index (κ1) is 9.97. The van der Waals surface area contributed by atoms with E-state index < -0.39 is 5.97 Å². The summed E-state index contributed by atoms with van der Waals surface area (Å²) in [6.07, 6.45) is 6.43. The van der Waals surface area contributed by atoms with E-state index in [1.807, 2.05) is 0 Å². The second-order valence-electron chi connectivity index (χ2n) is 4.58. The molecule has 0 spiro atoms. The average Bonchev–Trinajstić information content (AvgIpc) is 2.58. The summed E-state index contributed by atoms with van der Waals surface area (Å²) >= 11 is 0. The fourth-order valence-electron chi connectivity index (χ4n) is 3.00. The average molecular weight is 197 g/mol. The number of aliphatic carboxylic acids is 1. The molecule has 0 aromatic heterocycles. The number of hydrogen-bond donors (Lipinski definition) is 1. The monoisotopic (exact) mass is 197 g/mol. The SMILES string of the molecule is O=C(O)CCC1CCN2CCCCC12. The van der Waals surface area contributed by atoms with Crippen molar-refractivity contribution in [2.45, 2.75) is 44.6 Å². The minimum Gasteiger partial charge on any atom is -0.481 e. The fraction of sp³-hybridized carbons (Fsp3) is 0.909. The van der Waals surface area contributed by atoms with Gasteiger partial charge in [-0.25, -0.2) is 0 Å². The lowest BCUT2D eigenvalue weighted by Gasteiger charge is -2.32. The summed E-state index contributed by atoms with van der Waals surface area (Å²) in [4.78, 5) is 13.1. The van der Waals surface area contributed by atoms with Gasteiger partial charge < -0.3 is 10.0 Å². The van der Waals surface area contributed by atoms with Gasteiger partial charge in [0, 0.05) is 12.5 Å². The third kappa shape index (κ3) is 2.08. The molecule has 0 saturated carbocycles. The molecule has 0 amide bonds. The van der Waals surface area contributed by atoms with Gasteiger partial charge in [0.1, 0.15) is 0 Å². The van der Waals surface area contributed by atoms with Crippen LogP contribution in [0.2, 0.25) is 0 Å². The van der Waals surface area contributed by atoms with Gasteiger partial charge in [-0.05, 0) is 44.7 Å². The molecule has 2 unspecified atom stereocenters. The first-order valence-electron chi connectivity index (χ1n) is 5.73. The van der Waals surface area contributed by atoms with Crippen molar-refractivity contribution in [3.8, 4) is 0 Å². The Morgan fingerprint density at radius 3 is 2.93 bits per heavy atom. The lowest BCUT2D eigenvalue weighted by molar-refractivity contribution is -0.137. The summed E-state index contributed by atoms with van der Waals surface area (Å²) in [5, 5.41) is 8.66. The summed E-state index contributed by atoms with van der Waals surface area (Å²) in [7, 11) is 0. The van der Waals surface area contributed by atoms with Crippen molar-refractivity contribution >= 4 is 5.97 Å². The second kappa shape index (κ2) is 4.30. The minimum absolute atomic E-state index is 0.356. The summed E-state index contributed by atoms with van der Waals surface area (Å²) in [6, 6.07) is 0.711. The molecule has 3 heteroatoms. The number of rotatable bonds is 3. The molecule has 0 aromatic rings. The summed E-state index contributed by atoms with van der Waals surface area (Å²) in [5.74, 6) is 0.0191. The molecule has 2 saturated heterocycles. The van der Waals surface area contributed by atoms with Crippen LogP contribution < -0.4 is 0 Å². The van der Waals surface area contributed by atoms with E-state index in [4.69, 9.17) is 5.11 Å². The highest BCUT2D eigenvalue weighted by atomic mass is 16.4. The van der Waals surface area contributed by atoms with Gasteiger partial charge in [-0.2, -0.15) is 0 Å². The molecule has 2 fully saturated rings. The highest BCUT2D eigenvalue weighted by Gasteiger charge is 2.35. The van der Waals surface area contributed by atoms with E-state index in [1.54, 1.807) is 0 Å². The van der Waals surface area contributed by atoms with Crippen LogP contribution in [0.5, 0.6) is 0 Å². The number of hydrogen-bond acceptors (Lipinski definition) is 2. The predicted octanol–water partition coefficient (Wildman–Crippen LogP) is 1.73. The molecule has 2 aliphatic rings. The lowest BCUT2D eigenvalue weighted by Crippen LogP contribution is -2.37. The van der Waals surface area contributed by atoms with Gasteiger partial charge >= 0.3 is 5.97 Å². The molecular weight excluding hydrogens is 178 g/mol. The van der Waals surface area contributed by atoms with Gasteiger partial charge in [0.15, 0.2) is 0 Å². The standard InChI is InChI=1S/C11H19NO2/c13-11(14)5-4-9-6-8-12-7-2-1-3-10(9)12/h9-10H,1-8H2,(H,13,14). The zero-order chi connectivity index (χ0) is 9.97. The first-order chi connectivity index (χ1) is 6.77. The van der Waals surface area contributed by atoms with Crippen molar-refractivity contribution < 1.29 is 9.90 Å². The van der Waals surface area contributed by atoms with E-state index in [2.05, 4.69) is 4.90 Å². The zero-order valence-electron chi connectivity index (χ0n) is 8.61. The van der Waals surface area contributed by atoms with Crippen LogP contribution >= 0.6 is 0 Å². The maximum absolute atomic E-state index is 10.5. The Labute approximate surface area is 85.1 Å². The molecule has 0 radical (unpaired) electrons. The summed E-state index contributed by atoms with van der Waals surface area (Å²) in [6.45, 7) is 2.45. The van der Waals surface area contributed by atoms with Crippen molar-refractivity contribution in [2.24, 2.45) is 5.92 Å². The lowest BCUT2D eigenvalue weighted by atomic mass is 9.90. The van der Waals surface area contributed by atoms with E-state index in [0.717, 1.165) is 6.42 Å². The van der Waals surface area contributed by atoms with Crippen LogP contribution in [0.25, 0.3) is 0 Å². The number of carbonyl (C=O) groups is 1. The molecule has 14 heavy (non-hydrogen) atoms. The maximum atomic E-state index is 10.5. The first-order valence-corrected chi connectivity index (χ1v) is 5.73. The molecule has 2 aliphatic heterocycles. The van der Waals surface area contributed by atoms with Crippen LogP contribution in [0.4, 0.5) is 0 Å². The van der Waals surface area contributed by atoms with Gasteiger partial charge in [0.05, 0.1) is 0 Å². The second-order valence-corrected chi connectivity index (χ2v) is 4.58. The smallest absolute Gasteiger partial charge is 0.303 e. The Kier molecular flexibility index (Phi) is 3.06. The molecule has 1 N–H and O–H groups in total. The van der Waals surface area contributed by atoms with Crippen LogP contribution in [0, 0.1) is 5.92 Å². The Morgan fingerprint density at radius 1 is 1.29 bits per heavy atom. The zero-order valence-corrected chi connectivity index (χ0v) is 8.61. The largest absolute Gasteiger partial charge is 0.481 e. The van der Waals surface area contributed by atoms with Gasteiger partial charge in [0.25, 0.3) is 0 Å². The summed E-state index contributed by atoms with van der Waals surface area (Å²) in [5.41, 5.74) is 0. The molecule has 0 bridgehead atoms. The quantitative estimate of drug-likeness (QED) is 0.749. The van der Waals surface area contributed by atoms with E-state index in [9.17, 15) is 4.79 Å². The van der Waals surface area contributed by atoms with Crippen LogP contribution in [0.3, 0.4) is 0 Å². The van der Waals surface area contributed by atoms with Crippen LogP contribution in [0.1, 0.15) is 38.5 Å². The Bertz CT molecular complexity index is 217. The normalized spacial score (nSPS) is 32.9. The molecule has 80 valence electrons. The van der Waals surface area contributed by atoms with Crippen molar-refractivity contribution in [3.05, 3.63) is 0 Å². The summed E-state index contributed by atoms with van der Waals surface area (Å²) < 4.78 is 0. The molecular formula is C11H19NO2. The highest BCUT2D eigenvalue weighted by molar-refractivity contribution is 5.66. The van der Waals surface area contributed by atoms with E-state index in [1.165, 1.54) is 38.8 Å². The topological polar surface area (TPSA) is 40.5 Å². The number of piperidine rings is 1. The third-order valence-corrected chi connectivity index (χ3v) is 3.72. The Hall–Kier alpha value is -0.570. The van der Waals surface area contributed by atoms with Crippen molar-refractivity contribution in [1.82, 2.24) is 4.90 Å². The van der Waals surface area contributed by atoms with Crippen LogP contribution in [0.15, 0.2) is 0 Å². The van der Waals surface area contributed by atoms with Gasteiger partial charge in [0.2, 0.25) is 0 Å². The van der Waals surface area contributed by atoms with E-state index in [-0.39, 0.29) is 0 Å². The molecule has 2 atom stereocenters. The molecule has 2 rings (SSSR count). The number of nitrogens with zero attached hydrogens (tertiary/aromatic N) is 1. The van der Waals surface area contributed by atoms with Gasteiger partial charge in [-0.15, -0.1) is 0 Å². The highest BCUT2D eigenvalue weighted by Crippen LogP contribution is 2.34. The number of fused-ring (bicyclic) bond motifs is 1. The van der Waals surface area contributed by atoms with Gasteiger partial charge in [-0.3, -0.25) is 4.79 Å². The maximum Gasteiger partial charge on any atom is 0.303 e. The molecule has 3 nitrogen and oxygen atoms in total. The van der Waals surface area contributed by atoms with Crippen molar-refractivity contribution in [1.29, 1.82) is 0 Å². The van der Waals surface area contributed by atoms with Crippen LogP contribution in [-0.4, -0.2) is 35.1 Å². The third-order valence-electron chi connectivity index (χ3n) is 3.72. The van der Waals surface area contributed by atoms with Gasteiger partial charge in [-0.1, -0.05) is 6.42 Å². The molecule has 0 aromatic carbocycles. The Morgan fingerprint density at radius 2 is 2.14 bits per heavy atom. The predicted molar refractivity (Wildman–Crippen MR) is 54.2 cm³/mol. The van der Waals surface area contributed by atoms with Crippen molar-refractivity contribution in [2.75, 3.05) is 13.1 Å². The number of carboxylic acids is 1.